The van der Waals surface area contributed by atoms with Gasteiger partial charge in [-0.1, -0.05) is 17.3 Å². The molecule has 7 nitrogen and oxygen atoms in total. The summed E-state index contributed by atoms with van der Waals surface area (Å²) in [4.78, 5) is 19.4. The molecule has 160 valence electrons. The third-order valence-corrected chi connectivity index (χ3v) is 5.85. The maximum Gasteiger partial charge on any atom is 0.255 e. The normalized spacial score (nSPS) is 17.5. The van der Waals surface area contributed by atoms with Crippen LogP contribution in [-0.4, -0.2) is 47.2 Å². The molecule has 1 N–H and O–H groups in total. The number of piperidine rings is 1. The summed E-state index contributed by atoms with van der Waals surface area (Å²) in [6.45, 7) is 2.12. The van der Waals surface area contributed by atoms with Gasteiger partial charge >= 0.3 is 0 Å². The van der Waals surface area contributed by atoms with Crippen LogP contribution in [0.5, 0.6) is 5.75 Å². The van der Waals surface area contributed by atoms with Crippen LogP contribution < -0.4 is 10.1 Å². The van der Waals surface area contributed by atoms with Gasteiger partial charge in [-0.05, 0) is 69.1 Å². The molecule has 2 heterocycles. The number of benzene rings is 2. The minimum absolute atomic E-state index is 0.165. The summed E-state index contributed by atoms with van der Waals surface area (Å²) >= 11 is 0. The average Bonchev–Trinajstić information content (AvgIpc) is 3.53. The van der Waals surface area contributed by atoms with Gasteiger partial charge in [-0.2, -0.15) is 4.98 Å². The Kier molecular flexibility index (Phi) is 5.42. The topological polar surface area (TPSA) is 80.5 Å². The van der Waals surface area contributed by atoms with E-state index in [1.54, 1.807) is 12.1 Å². The van der Waals surface area contributed by atoms with E-state index in [0.29, 0.717) is 23.2 Å². The highest BCUT2D eigenvalue weighted by Crippen LogP contribution is 2.39. The lowest BCUT2D eigenvalue weighted by Crippen LogP contribution is -2.35. The second-order valence-corrected chi connectivity index (χ2v) is 8.41. The number of rotatable bonds is 6. The zero-order valence-corrected chi connectivity index (χ0v) is 17.6. The Hall–Kier alpha value is -3.19. The van der Waals surface area contributed by atoms with Crippen molar-refractivity contribution in [1.82, 2.24) is 15.0 Å². The summed E-state index contributed by atoms with van der Waals surface area (Å²) in [5.41, 5.74) is 2.14. The molecule has 0 unspecified atom stereocenters. The summed E-state index contributed by atoms with van der Waals surface area (Å²) in [7, 11) is 2.14. The van der Waals surface area contributed by atoms with Gasteiger partial charge in [0.2, 0.25) is 11.7 Å². The van der Waals surface area contributed by atoms with Crippen molar-refractivity contribution in [3.05, 3.63) is 60.0 Å². The van der Waals surface area contributed by atoms with Gasteiger partial charge < -0.3 is 19.5 Å². The monoisotopic (exact) mass is 418 g/mol. The van der Waals surface area contributed by atoms with Crippen LogP contribution in [0.15, 0.2) is 53.1 Å². The number of amides is 1. The molecule has 1 saturated carbocycles. The second kappa shape index (κ2) is 8.51. The lowest BCUT2D eigenvalue weighted by molar-refractivity contribution is 0.102. The third-order valence-electron chi connectivity index (χ3n) is 5.85. The number of aromatic nitrogens is 2. The van der Waals surface area contributed by atoms with E-state index in [2.05, 4.69) is 27.4 Å². The molecule has 1 aromatic heterocycles. The van der Waals surface area contributed by atoms with Crippen LogP contribution in [0.25, 0.3) is 11.4 Å². The van der Waals surface area contributed by atoms with Crippen molar-refractivity contribution in [3.8, 4) is 17.1 Å². The van der Waals surface area contributed by atoms with Crippen LogP contribution in [0.4, 0.5) is 5.69 Å². The van der Waals surface area contributed by atoms with Gasteiger partial charge in [-0.3, -0.25) is 4.79 Å². The first-order valence-electron chi connectivity index (χ1n) is 10.8. The summed E-state index contributed by atoms with van der Waals surface area (Å²) in [6.07, 6.45) is 4.57. The quantitative estimate of drug-likeness (QED) is 0.641. The average molecular weight is 418 g/mol. The Morgan fingerprint density at radius 3 is 2.42 bits per heavy atom. The molecule has 5 rings (SSSR count). The number of hydrogen-bond donors (Lipinski definition) is 1. The van der Waals surface area contributed by atoms with Gasteiger partial charge in [-0.15, -0.1) is 0 Å². The van der Waals surface area contributed by atoms with Crippen molar-refractivity contribution in [2.45, 2.75) is 37.7 Å². The predicted octanol–water partition coefficient (Wildman–Crippen LogP) is 4.34. The lowest BCUT2D eigenvalue weighted by Gasteiger charge is -2.29. The molecule has 1 aliphatic heterocycles. The molecule has 31 heavy (non-hydrogen) atoms. The molecule has 0 bridgehead atoms. The van der Waals surface area contributed by atoms with Crippen LogP contribution >= 0.6 is 0 Å². The van der Waals surface area contributed by atoms with E-state index in [1.165, 1.54) is 0 Å². The zero-order valence-electron chi connectivity index (χ0n) is 17.6. The van der Waals surface area contributed by atoms with Crippen molar-refractivity contribution in [3.63, 3.8) is 0 Å². The molecule has 2 aliphatic rings. The van der Waals surface area contributed by atoms with Crippen LogP contribution in [0, 0.1) is 0 Å². The number of nitrogens with zero attached hydrogens (tertiary/aromatic N) is 3. The fourth-order valence-corrected chi connectivity index (χ4v) is 3.73. The summed E-state index contributed by atoms with van der Waals surface area (Å²) in [5, 5.41) is 6.97. The number of nitrogens with one attached hydrogen (secondary N) is 1. The van der Waals surface area contributed by atoms with Crippen molar-refractivity contribution < 1.29 is 14.1 Å². The standard InChI is InChI=1S/C24H26N4O3/c1-28-14-12-21(13-15-28)30-20-10-8-19(9-11-20)25-23(29)17-4-2-16(3-5-17)22-26-24(31-27-22)18-6-7-18/h2-5,8-11,18,21H,6-7,12-15H2,1H3,(H,25,29). The summed E-state index contributed by atoms with van der Waals surface area (Å²) in [6, 6.07) is 14.8. The smallest absolute Gasteiger partial charge is 0.255 e. The molecule has 0 atom stereocenters. The molecule has 2 fully saturated rings. The number of anilines is 1. The summed E-state index contributed by atoms with van der Waals surface area (Å²) < 4.78 is 11.4. The van der Waals surface area contributed by atoms with Crippen molar-refractivity contribution in [2.24, 2.45) is 0 Å². The van der Waals surface area contributed by atoms with Gasteiger partial charge in [-0.25, -0.2) is 0 Å². The highest BCUT2D eigenvalue weighted by atomic mass is 16.5. The molecule has 0 spiro atoms. The van der Waals surface area contributed by atoms with Crippen LogP contribution in [0.1, 0.15) is 47.8 Å². The maximum atomic E-state index is 12.6. The molecular formula is C24H26N4O3. The van der Waals surface area contributed by atoms with E-state index in [4.69, 9.17) is 9.26 Å². The Balaban J connectivity index is 1.17. The fraction of sp³-hybridized carbons (Fsp3) is 0.375. The number of hydrogen-bond acceptors (Lipinski definition) is 6. The van der Waals surface area contributed by atoms with Crippen molar-refractivity contribution in [2.75, 3.05) is 25.5 Å². The van der Waals surface area contributed by atoms with E-state index in [-0.39, 0.29) is 12.0 Å². The second-order valence-electron chi connectivity index (χ2n) is 8.41. The highest BCUT2D eigenvalue weighted by Gasteiger charge is 2.29. The SMILES string of the molecule is CN1CCC(Oc2ccc(NC(=O)c3ccc(-c4noc(C5CC5)n4)cc3)cc2)CC1. The first kappa shape index (κ1) is 19.8. The van der Waals surface area contributed by atoms with E-state index in [1.807, 2.05) is 36.4 Å². The maximum absolute atomic E-state index is 12.6. The molecule has 1 aliphatic carbocycles. The third kappa shape index (κ3) is 4.77. The molecule has 1 saturated heterocycles. The number of carbonyl (C=O) groups is 1. The lowest BCUT2D eigenvalue weighted by atomic mass is 10.1. The molecular weight excluding hydrogens is 392 g/mol. The summed E-state index contributed by atoms with van der Waals surface area (Å²) in [5.74, 6) is 2.37. The van der Waals surface area contributed by atoms with Crippen LogP contribution in [0.2, 0.25) is 0 Å². The number of ether oxygens (including phenoxy) is 1. The zero-order chi connectivity index (χ0) is 21.2. The Bertz CT molecular complexity index is 1030. The van der Waals surface area contributed by atoms with E-state index in [9.17, 15) is 4.79 Å². The highest BCUT2D eigenvalue weighted by molar-refractivity contribution is 6.04. The van der Waals surface area contributed by atoms with Crippen LogP contribution in [0.3, 0.4) is 0 Å². The van der Waals surface area contributed by atoms with E-state index < -0.39 is 0 Å². The van der Waals surface area contributed by atoms with Gasteiger partial charge in [0, 0.05) is 35.8 Å². The Morgan fingerprint density at radius 1 is 1.03 bits per heavy atom. The first-order chi connectivity index (χ1) is 15.1. The Morgan fingerprint density at radius 2 is 1.74 bits per heavy atom. The van der Waals surface area contributed by atoms with Crippen LogP contribution in [-0.2, 0) is 0 Å². The largest absolute Gasteiger partial charge is 0.490 e. The van der Waals surface area contributed by atoms with Gasteiger partial charge in [0.05, 0.1) is 0 Å². The first-order valence-corrected chi connectivity index (χ1v) is 10.8. The number of carbonyl (C=O) groups excluding carboxylic acids is 1. The van der Waals surface area contributed by atoms with Gasteiger partial charge in [0.25, 0.3) is 5.91 Å². The molecule has 3 aromatic rings. The minimum Gasteiger partial charge on any atom is -0.490 e. The molecule has 0 radical (unpaired) electrons. The Labute approximate surface area is 181 Å². The minimum atomic E-state index is -0.165. The van der Waals surface area contributed by atoms with Gasteiger partial charge in [0.15, 0.2) is 0 Å². The number of likely N-dealkylation sites (tertiary alicyclic amines) is 1. The van der Waals surface area contributed by atoms with Crippen molar-refractivity contribution in [1.29, 1.82) is 0 Å². The molecule has 7 heteroatoms. The molecule has 2 aromatic carbocycles. The van der Waals surface area contributed by atoms with Crippen molar-refractivity contribution >= 4 is 11.6 Å². The van der Waals surface area contributed by atoms with E-state index in [0.717, 1.165) is 55.8 Å². The fourth-order valence-electron chi connectivity index (χ4n) is 3.73. The van der Waals surface area contributed by atoms with Gasteiger partial charge in [0.1, 0.15) is 11.9 Å². The van der Waals surface area contributed by atoms with E-state index >= 15 is 0 Å². The predicted molar refractivity (Wildman–Crippen MR) is 117 cm³/mol. The molecule has 1 amide bonds.